The Morgan fingerprint density at radius 3 is 2.33 bits per heavy atom. The van der Waals surface area contributed by atoms with E-state index >= 15 is 0 Å². The standard InChI is InChI=1S/C17H19O3P/c1-4-20-21(19,15-10-6-5-7-11-15)17(18)16-12-8-9-13(2)14(16)3/h5-12H,4H2,1-3H3. The minimum Gasteiger partial charge on any atom is -0.320 e. The van der Waals surface area contributed by atoms with Crippen LogP contribution in [0.3, 0.4) is 0 Å². The van der Waals surface area contributed by atoms with Crippen LogP contribution < -0.4 is 5.30 Å². The molecular formula is C17H19O3P. The van der Waals surface area contributed by atoms with E-state index in [0.717, 1.165) is 11.1 Å². The van der Waals surface area contributed by atoms with Gasteiger partial charge < -0.3 is 4.52 Å². The van der Waals surface area contributed by atoms with Crippen molar-refractivity contribution in [2.45, 2.75) is 20.8 Å². The monoisotopic (exact) mass is 302 g/mol. The van der Waals surface area contributed by atoms with Crippen molar-refractivity contribution in [3.05, 3.63) is 65.2 Å². The van der Waals surface area contributed by atoms with Gasteiger partial charge in [0.05, 0.1) is 6.61 Å². The van der Waals surface area contributed by atoms with E-state index in [9.17, 15) is 9.36 Å². The third-order valence-corrected chi connectivity index (χ3v) is 5.88. The summed E-state index contributed by atoms with van der Waals surface area (Å²) in [5, 5.41) is 0.442. The Hall–Kier alpha value is -1.70. The van der Waals surface area contributed by atoms with E-state index in [-0.39, 0.29) is 6.61 Å². The van der Waals surface area contributed by atoms with Gasteiger partial charge in [-0.25, -0.2) is 0 Å². The number of carbonyl (C=O) groups is 1. The first kappa shape index (κ1) is 15.7. The molecule has 3 nitrogen and oxygen atoms in total. The molecule has 4 heteroatoms. The second-order valence-corrected chi connectivity index (χ2v) is 7.14. The van der Waals surface area contributed by atoms with Gasteiger partial charge in [0.1, 0.15) is 0 Å². The van der Waals surface area contributed by atoms with E-state index < -0.39 is 12.9 Å². The molecule has 2 aromatic carbocycles. The molecule has 0 aliphatic carbocycles. The van der Waals surface area contributed by atoms with E-state index in [1.807, 2.05) is 26.0 Å². The zero-order valence-electron chi connectivity index (χ0n) is 12.5. The van der Waals surface area contributed by atoms with Crippen LogP contribution in [0.1, 0.15) is 28.4 Å². The molecule has 0 amide bonds. The molecule has 0 saturated carbocycles. The topological polar surface area (TPSA) is 43.4 Å². The summed E-state index contributed by atoms with van der Waals surface area (Å²) in [5.74, 6) is 0. The van der Waals surface area contributed by atoms with E-state index in [4.69, 9.17) is 4.52 Å². The van der Waals surface area contributed by atoms with Crippen LogP contribution in [0.4, 0.5) is 0 Å². The largest absolute Gasteiger partial charge is 0.320 e. The highest BCUT2D eigenvalue weighted by Crippen LogP contribution is 2.49. The van der Waals surface area contributed by atoms with Crippen LogP contribution >= 0.6 is 7.37 Å². The molecule has 0 N–H and O–H groups in total. The predicted molar refractivity (Wildman–Crippen MR) is 85.6 cm³/mol. The lowest BCUT2D eigenvalue weighted by Crippen LogP contribution is -2.16. The Bertz CT molecular complexity index is 692. The smallest absolute Gasteiger partial charge is 0.300 e. The zero-order valence-corrected chi connectivity index (χ0v) is 13.4. The van der Waals surface area contributed by atoms with Gasteiger partial charge in [0.25, 0.3) is 5.52 Å². The molecule has 21 heavy (non-hydrogen) atoms. The molecule has 0 aliphatic heterocycles. The lowest BCUT2D eigenvalue weighted by Gasteiger charge is -2.18. The third-order valence-electron chi connectivity index (χ3n) is 3.51. The number of rotatable bonds is 5. The summed E-state index contributed by atoms with van der Waals surface area (Å²) in [4.78, 5) is 12.8. The number of aryl methyl sites for hydroxylation is 1. The quantitative estimate of drug-likeness (QED) is 0.781. The molecule has 0 aromatic heterocycles. The molecule has 0 fully saturated rings. The fourth-order valence-electron chi connectivity index (χ4n) is 2.20. The second-order valence-electron chi connectivity index (χ2n) is 4.86. The Morgan fingerprint density at radius 1 is 1.05 bits per heavy atom. The maximum Gasteiger partial charge on any atom is 0.300 e. The van der Waals surface area contributed by atoms with Crippen LogP contribution in [0.15, 0.2) is 48.5 Å². The summed E-state index contributed by atoms with van der Waals surface area (Å²) >= 11 is 0. The lowest BCUT2D eigenvalue weighted by atomic mass is 10.0. The van der Waals surface area contributed by atoms with Gasteiger partial charge in [-0.1, -0.05) is 36.4 Å². The van der Waals surface area contributed by atoms with Crippen molar-refractivity contribution in [1.29, 1.82) is 0 Å². The Kier molecular flexibility index (Phi) is 4.76. The summed E-state index contributed by atoms with van der Waals surface area (Å²) < 4.78 is 18.6. The minimum absolute atomic E-state index is 0.225. The molecule has 0 aliphatic rings. The highest BCUT2D eigenvalue weighted by molar-refractivity contribution is 7.83. The van der Waals surface area contributed by atoms with Crippen LogP contribution in [0.25, 0.3) is 0 Å². The Morgan fingerprint density at radius 2 is 1.71 bits per heavy atom. The van der Waals surface area contributed by atoms with Crippen LogP contribution in [-0.4, -0.2) is 12.1 Å². The van der Waals surface area contributed by atoms with Crippen molar-refractivity contribution in [3.63, 3.8) is 0 Å². The van der Waals surface area contributed by atoms with Gasteiger partial charge in [-0.15, -0.1) is 0 Å². The molecule has 2 aromatic rings. The van der Waals surface area contributed by atoms with E-state index in [1.165, 1.54) is 0 Å². The molecule has 0 heterocycles. The highest BCUT2D eigenvalue weighted by atomic mass is 31.2. The van der Waals surface area contributed by atoms with Crippen molar-refractivity contribution >= 4 is 18.2 Å². The molecule has 110 valence electrons. The summed E-state index contributed by atoms with van der Waals surface area (Å²) in [7, 11) is -3.57. The SMILES string of the molecule is CCOP(=O)(C(=O)c1cccc(C)c1C)c1ccccc1. The maximum atomic E-state index is 13.2. The summed E-state index contributed by atoms with van der Waals surface area (Å²) in [6.45, 7) is 5.76. The molecule has 0 bridgehead atoms. The van der Waals surface area contributed by atoms with Crippen molar-refractivity contribution in [3.8, 4) is 0 Å². The van der Waals surface area contributed by atoms with Crippen molar-refractivity contribution in [1.82, 2.24) is 0 Å². The van der Waals surface area contributed by atoms with Crippen LogP contribution in [0.2, 0.25) is 0 Å². The van der Waals surface area contributed by atoms with Crippen molar-refractivity contribution < 1.29 is 13.9 Å². The third kappa shape index (κ3) is 2.99. The lowest BCUT2D eigenvalue weighted by molar-refractivity contribution is 0.105. The average Bonchev–Trinajstić information content (AvgIpc) is 2.50. The first-order valence-corrected chi connectivity index (χ1v) is 8.54. The van der Waals surface area contributed by atoms with Gasteiger partial charge in [-0.3, -0.25) is 9.36 Å². The fraction of sp³-hybridized carbons (Fsp3) is 0.235. The van der Waals surface area contributed by atoms with Gasteiger partial charge in [-0.2, -0.15) is 0 Å². The van der Waals surface area contributed by atoms with Crippen molar-refractivity contribution in [2.24, 2.45) is 0 Å². The number of hydrogen-bond acceptors (Lipinski definition) is 3. The normalized spacial score (nSPS) is 13.7. The van der Waals surface area contributed by atoms with Gasteiger partial charge >= 0.3 is 7.37 Å². The van der Waals surface area contributed by atoms with Crippen molar-refractivity contribution in [2.75, 3.05) is 6.61 Å². The van der Waals surface area contributed by atoms with Crippen LogP contribution in [0.5, 0.6) is 0 Å². The molecule has 1 unspecified atom stereocenters. The summed E-state index contributed by atoms with van der Waals surface area (Å²) in [6, 6.07) is 14.1. The number of benzene rings is 2. The van der Waals surface area contributed by atoms with Gasteiger partial charge in [0, 0.05) is 10.9 Å². The highest BCUT2D eigenvalue weighted by Gasteiger charge is 2.36. The van der Waals surface area contributed by atoms with Gasteiger partial charge in [0.2, 0.25) is 0 Å². The van der Waals surface area contributed by atoms with E-state index in [0.29, 0.717) is 10.9 Å². The molecule has 0 saturated heterocycles. The summed E-state index contributed by atoms with van der Waals surface area (Å²) in [5.41, 5.74) is 1.88. The fourth-order valence-corrected chi connectivity index (χ4v) is 4.19. The molecule has 0 spiro atoms. The second kappa shape index (κ2) is 6.38. The Balaban J connectivity index is 2.55. The molecule has 2 rings (SSSR count). The molecule has 1 atom stereocenters. The van der Waals surface area contributed by atoms with E-state index in [1.54, 1.807) is 43.3 Å². The Labute approximate surface area is 125 Å². The minimum atomic E-state index is -3.57. The first-order chi connectivity index (χ1) is 10.0. The first-order valence-electron chi connectivity index (χ1n) is 6.92. The average molecular weight is 302 g/mol. The van der Waals surface area contributed by atoms with Gasteiger partial charge in [0.15, 0.2) is 0 Å². The maximum absolute atomic E-state index is 13.2. The summed E-state index contributed by atoms with van der Waals surface area (Å²) in [6.07, 6.45) is 0. The van der Waals surface area contributed by atoms with Crippen LogP contribution in [-0.2, 0) is 9.09 Å². The molecule has 0 radical (unpaired) electrons. The molecular weight excluding hydrogens is 283 g/mol. The number of hydrogen-bond donors (Lipinski definition) is 0. The predicted octanol–water partition coefficient (Wildman–Crippen LogP) is 4.08. The number of carbonyl (C=O) groups excluding carboxylic acids is 1. The van der Waals surface area contributed by atoms with Crippen LogP contribution in [0, 0.1) is 13.8 Å². The zero-order chi connectivity index (χ0) is 15.5. The van der Waals surface area contributed by atoms with Gasteiger partial charge in [-0.05, 0) is 44.0 Å². The van der Waals surface area contributed by atoms with E-state index in [2.05, 4.69) is 0 Å².